The van der Waals surface area contributed by atoms with Crippen molar-refractivity contribution in [3.8, 4) is 5.82 Å². The zero-order chi connectivity index (χ0) is 17.9. The van der Waals surface area contributed by atoms with Crippen LogP contribution >= 0.6 is 0 Å². The van der Waals surface area contributed by atoms with Crippen LogP contribution in [0, 0.1) is 0 Å². The summed E-state index contributed by atoms with van der Waals surface area (Å²) in [6.07, 6.45) is 9.93. The van der Waals surface area contributed by atoms with E-state index < -0.39 is 0 Å². The predicted molar refractivity (Wildman–Crippen MR) is 99.7 cm³/mol. The van der Waals surface area contributed by atoms with Crippen LogP contribution in [0.25, 0.3) is 22.8 Å². The molecule has 0 fully saturated rings. The Labute approximate surface area is 149 Å². The summed E-state index contributed by atoms with van der Waals surface area (Å²) in [7, 11) is 1.99. The Morgan fingerprint density at radius 2 is 2.08 bits per heavy atom. The van der Waals surface area contributed by atoms with Crippen LogP contribution in [-0.4, -0.2) is 30.2 Å². The minimum atomic E-state index is -0.215. The number of pyridine rings is 1. The second kappa shape index (κ2) is 6.64. The third kappa shape index (κ3) is 3.10. The van der Waals surface area contributed by atoms with Gasteiger partial charge in [-0.05, 0) is 24.3 Å². The van der Waals surface area contributed by atoms with Gasteiger partial charge >= 0.3 is 0 Å². The summed E-state index contributed by atoms with van der Waals surface area (Å²) >= 11 is 0. The molecular formula is C19H16N6O. The molecule has 0 aliphatic heterocycles. The van der Waals surface area contributed by atoms with Crippen LogP contribution in [-0.2, 0) is 11.8 Å². The van der Waals surface area contributed by atoms with E-state index in [1.165, 1.54) is 12.4 Å². The van der Waals surface area contributed by atoms with E-state index >= 15 is 0 Å². The summed E-state index contributed by atoms with van der Waals surface area (Å²) < 4.78 is 3.59. The number of hydrogen-bond donors (Lipinski definition) is 1. The molecule has 0 aliphatic rings. The minimum Gasteiger partial charge on any atom is -0.350 e. The molecule has 1 aromatic carbocycles. The van der Waals surface area contributed by atoms with Crippen molar-refractivity contribution in [1.29, 1.82) is 0 Å². The number of nitrogens with one attached hydrogen (secondary N) is 1. The normalized spacial score (nSPS) is 11.3. The molecule has 4 aromatic rings. The Kier molecular flexibility index (Phi) is 4.03. The van der Waals surface area contributed by atoms with Gasteiger partial charge in [0, 0.05) is 35.8 Å². The molecule has 0 radical (unpaired) electrons. The van der Waals surface area contributed by atoms with Crippen LogP contribution in [0.3, 0.4) is 0 Å². The van der Waals surface area contributed by atoms with E-state index in [2.05, 4.69) is 26.4 Å². The smallest absolute Gasteiger partial charge is 0.248 e. The number of hydrogen-bond acceptors (Lipinski definition) is 4. The van der Waals surface area contributed by atoms with Gasteiger partial charge in [-0.25, -0.2) is 14.6 Å². The zero-order valence-corrected chi connectivity index (χ0v) is 14.1. The third-order valence-electron chi connectivity index (χ3n) is 4.01. The standard InChI is InChI=1S/C19H16N6O/c1-24-11-14(16-4-2-3-5-17(16)24)6-9-19(26)23-15-7-8-18(21-10-15)25-13-20-12-22-25/h2-13H,1H3,(H,23,26). The molecule has 26 heavy (non-hydrogen) atoms. The summed E-state index contributed by atoms with van der Waals surface area (Å²) in [5, 5.41) is 7.92. The maximum atomic E-state index is 12.2. The molecule has 0 atom stereocenters. The van der Waals surface area contributed by atoms with Gasteiger partial charge in [0.15, 0.2) is 5.82 Å². The highest BCUT2D eigenvalue weighted by atomic mass is 16.1. The molecule has 0 bridgehead atoms. The van der Waals surface area contributed by atoms with Crippen molar-refractivity contribution in [2.75, 3.05) is 5.32 Å². The Morgan fingerprint density at radius 1 is 1.19 bits per heavy atom. The van der Waals surface area contributed by atoms with E-state index in [-0.39, 0.29) is 5.91 Å². The van der Waals surface area contributed by atoms with Gasteiger partial charge in [-0.2, -0.15) is 5.10 Å². The number of para-hydroxylation sites is 1. The molecule has 7 nitrogen and oxygen atoms in total. The Morgan fingerprint density at radius 3 is 2.85 bits per heavy atom. The van der Waals surface area contributed by atoms with Crippen molar-refractivity contribution in [2.45, 2.75) is 0 Å². The average molecular weight is 344 g/mol. The average Bonchev–Trinajstić information content (AvgIpc) is 3.30. The van der Waals surface area contributed by atoms with Crippen LogP contribution in [0.5, 0.6) is 0 Å². The first-order valence-corrected chi connectivity index (χ1v) is 8.05. The fourth-order valence-corrected chi connectivity index (χ4v) is 2.78. The van der Waals surface area contributed by atoms with Crippen molar-refractivity contribution >= 4 is 28.6 Å². The minimum absolute atomic E-state index is 0.215. The number of anilines is 1. The van der Waals surface area contributed by atoms with Gasteiger partial charge in [0.2, 0.25) is 5.91 Å². The highest BCUT2D eigenvalue weighted by molar-refractivity contribution is 6.03. The molecule has 1 amide bonds. The van der Waals surface area contributed by atoms with Gasteiger partial charge in [-0.15, -0.1) is 0 Å². The SMILES string of the molecule is Cn1cc(C=CC(=O)Nc2ccc(-n3cncn3)nc2)c2ccccc21. The first-order chi connectivity index (χ1) is 12.7. The van der Waals surface area contributed by atoms with Gasteiger partial charge in [0.1, 0.15) is 12.7 Å². The summed E-state index contributed by atoms with van der Waals surface area (Å²) in [6.45, 7) is 0. The molecule has 0 unspecified atom stereocenters. The van der Waals surface area contributed by atoms with E-state index in [4.69, 9.17) is 0 Å². The van der Waals surface area contributed by atoms with Crippen LogP contribution in [0.1, 0.15) is 5.56 Å². The van der Waals surface area contributed by atoms with Crippen molar-refractivity contribution in [3.05, 3.63) is 73.1 Å². The second-order valence-corrected chi connectivity index (χ2v) is 5.78. The topological polar surface area (TPSA) is 77.6 Å². The molecular weight excluding hydrogens is 328 g/mol. The van der Waals surface area contributed by atoms with Crippen LogP contribution in [0.15, 0.2) is 67.5 Å². The number of aromatic nitrogens is 5. The summed E-state index contributed by atoms with van der Waals surface area (Å²) in [5.41, 5.74) is 2.74. The predicted octanol–water partition coefficient (Wildman–Crippen LogP) is 2.81. The molecule has 128 valence electrons. The van der Waals surface area contributed by atoms with E-state index in [0.717, 1.165) is 16.5 Å². The lowest BCUT2D eigenvalue weighted by molar-refractivity contribution is -0.111. The van der Waals surface area contributed by atoms with Crippen LogP contribution < -0.4 is 5.32 Å². The number of rotatable bonds is 4. The highest BCUT2D eigenvalue weighted by Gasteiger charge is 2.05. The van der Waals surface area contributed by atoms with Crippen molar-refractivity contribution < 1.29 is 4.79 Å². The molecule has 4 rings (SSSR count). The number of carbonyl (C=O) groups is 1. The van der Waals surface area contributed by atoms with Crippen molar-refractivity contribution in [1.82, 2.24) is 24.3 Å². The third-order valence-corrected chi connectivity index (χ3v) is 4.01. The van der Waals surface area contributed by atoms with E-state index in [9.17, 15) is 4.79 Å². The fraction of sp³-hybridized carbons (Fsp3) is 0.0526. The lowest BCUT2D eigenvalue weighted by atomic mass is 10.1. The lowest BCUT2D eigenvalue weighted by Gasteiger charge is -2.03. The van der Waals surface area contributed by atoms with Crippen molar-refractivity contribution in [2.24, 2.45) is 7.05 Å². The number of benzene rings is 1. The van der Waals surface area contributed by atoms with Gasteiger partial charge in [0.05, 0.1) is 11.9 Å². The summed E-state index contributed by atoms with van der Waals surface area (Å²) in [5.74, 6) is 0.417. The first-order valence-electron chi connectivity index (χ1n) is 8.05. The fourth-order valence-electron chi connectivity index (χ4n) is 2.78. The number of aryl methyl sites for hydroxylation is 1. The van der Waals surface area contributed by atoms with E-state index in [1.807, 2.05) is 42.1 Å². The number of amides is 1. The molecule has 3 aromatic heterocycles. The van der Waals surface area contributed by atoms with Gasteiger partial charge in [-0.3, -0.25) is 4.79 Å². The largest absolute Gasteiger partial charge is 0.350 e. The highest BCUT2D eigenvalue weighted by Crippen LogP contribution is 2.21. The lowest BCUT2D eigenvalue weighted by Crippen LogP contribution is -2.08. The van der Waals surface area contributed by atoms with Gasteiger partial charge < -0.3 is 9.88 Å². The Balaban J connectivity index is 1.47. The summed E-state index contributed by atoms with van der Waals surface area (Å²) in [4.78, 5) is 20.3. The van der Waals surface area contributed by atoms with Gasteiger partial charge in [-0.1, -0.05) is 18.2 Å². The van der Waals surface area contributed by atoms with Gasteiger partial charge in [0.25, 0.3) is 0 Å². The van der Waals surface area contributed by atoms with Crippen molar-refractivity contribution in [3.63, 3.8) is 0 Å². The van der Waals surface area contributed by atoms with E-state index in [0.29, 0.717) is 11.5 Å². The molecule has 7 heteroatoms. The summed E-state index contributed by atoms with van der Waals surface area (Å²) in [6, 6.07) is 11.6. The molecule has 1 N–H and O–H groups in total. The number of nitrogens with zero attached hydrogens (tertiary/aromatic N) is 5. The van der Waals surface area contributed by atoms with Crippen LogP contribution in [0.2, 0.25) is 0 Å². The molecule has 0 aliphatic carbocycles. The number of carbonyl (C=O) groups excluding carboxylic acids is 1. The molecule has 3 heterocycles. The molecule has 0 saturated heterocycles. The Bertz CT molecular complexity index is 1080. The Hall–Kier alpha value is -3.74. The maximum absolute atomic E-state index is 12.2. The quantitative estimate of drug-likeness (QED) is 0.578. The molecule has 0 spiro atoms. The zero-order valence-electron chi connectivity index (χ0n) is 14.1. The maximum Gasteiger partial charge on any atom is 0.248 e. The van der Waals surface area contributed by atoms with Crippen LogP contribution in [0.4, 0.5) is 5.69 Å². The first kappa shape index (κ1) is 15.8. The second-order valence-electron chi connectivity index (χ2n) is 5.78. The molecule has 0 saturated carbocycles. The van der Waals surface area contributed by atoms with E-state index in [1.54, 1.807) is 29.3 Å². The number of fused-ring (bicyclic) bond motifs is 1. The monoisotopic (exact) mass is 344 g/mol.